The second kappa shape index (κ2) is 8.60. The molecule has 0 aliphatic heterocycles. The van der Waals surface area contributed by atoms with Crippen molar-refractivity contribution in [3.05, 3.63) is 77.4 Å². The maximum Gasteiger partial charge on any atom is 0.323 e. The molecule has 0 amide bonds. The van der Waals surface area contributed by atoms with E-state index in [1.807, 2.05) is 43.3 Å². The zero-order valence-electron chi connectivity index (χ0n) is 18.5. The first-order chi connectivity index (χ1) is 15.9. The summed E-state index contributed by atoms with van der Waals surface area (Å²) < 4.78 is 15.9. The SMILES string of the molecule is Cc1c(C2CCC(C(O)c3ccc4ccccc4n3)CC2)c2cc(F)ccc2n1CC(=O)O. The Bertz CT molecular complexity index is 1340. The highest BCUT2D eigenvalue weighted by Crippen LogP contribution is 2.44. The van der Waals surface area contributed by atoms with Crippen LogP contribution in [0.3, 0.4) is 0 Å². The first-order valence-corrected chi connectivity index (χ1v) is 11.5. The maximum atomic E-state index is 14.1. The van der Waals surface area contributed by atoms with Gasteiger partial charge in [0.25, 0.3) is 0 Å². The van der Waals surface area contributed by atoms with Crippen molar-refractivity contribution in [2.45, 2.75) is 51.2 Å². The zero-order chi connectivity index (χ0) is 23.1. The number of hydrogen-bond donors (Lipinski definition) is 2. The Hall–Kier alpha value is -3.25. The molecule has 1 aliphatic rings. The number of halogens is 1. The molecule has 0 spiro atoms. The van der Waals surface area contributed by atoms with Gasteiger partial charge < -0.3 is 14.8 Å². The van der Waals surface area contributed by atoms with Crippen LogP contribution in [0.2, 0.25) is 0 Å². The molecule has 1 aliphatic carbocycles. The monoisotopic (exact) mass is 446 g/mol. The number of para-hydroxylation sites is 1. The van der Waals surface area contributed by atoms with Crippen LogP contribution in [0, 0.1) is 18.7 Å². The molecular formula is C27H27FN2O3. The van der Waals surface area contributed by atoms with E-state index in [4.69, 9.17) is 0 Å². The van der Waals surface area contributed by atoms with Gasteiger partial charge in [0, 0.05) is 22.0 Å². The van der Waals surface area contributed by atoms with E-state index in [9.17, 15) is 19.4 Å². The molecular weight excluding hydrogens is 419 g/mol. The first-order valence-electron chi connectivity index (χ1n) is 11.5. The van der Waals surface area contributed by atoms with Gasteiger partial charge in [-0.3, -0.25) is 9.78 Å². The molecule has 6 heteroatoms. The van der Waals surface area contributed by atoms with Gasteiger partial charge in [-0.25, -0.2) is 4.39 Å². The van der Waals surface area contributed by atoms with Gasteiger partial charge in [0.2, 0.25) is 0 Å². The number of aliphatic hydroxyl groups is 1. The van der Waals surface area contributed by atoms with Crippen LogP contribution in [0.4, 0.5) is 4.39 Å². The summed E-state index contributed by atoms with van der Waals surface area (Å²) in [6.45, 7) is 1.78. The Balaban J connectivity index is 1.39. The quantitative estimate of drug-likeness (QED) is 0.411. The number of benzene rings is 2. The average molecular weight is 447 g/mol. The van der Waals surface area contributed by atoms with Crippen LogP contribution in [0.1, 0.15) is 54.7 Å². The van der Waals surface area contributed by atoms with Crippen molar-refractivity contribution >= 4 is 27.8 Å². The van der Waals surface area contributed by atoms with E-state index >= 15 is 0 Å². The van der Waals surface area contributed by atoms with Crippen LogP contribution in [-0.4, -0.2) is 25.7 Å². The van der Waals surface area contributed by atoms with Crippen LogP contribution in [0.5, 0.6) is 0 Å². The Morgan fingerprint density at radius 2 is 1.88 bits per heavy atom. The summed E-state index contributed by atoms with van der Waals surface area (Å²) in [5.74, 6) is -0.917. The Morgan fingerprint density at radius 3 is 2.64 bits per heavy atom. The molecule has 2 heterocycles. The summed E-state index contributed by atoms with van der Waals surface area (Å²) in [4.78, 5) is 16.1. The number of aliphatic hydroxyl groups excluding tert-OH is 1. The minimum absolute atomic E-state index is 0.110. The van der Waals surface area contributed by atoms with E-state index < -0.39 is 12.1 Å². The van der Waals surface area contributed by atoms with E-state index in [0.717, 1.165) is 58.7 Å². The van der Waals surface area contributed by atoms with Crippen molar-refractivity contribution in [2.24, 2.45) is 5.92 Å². The second-order valence-corrected chi connectivity index (χ2v) is 9.13. The predicted molar refractivity (Wildman–Crippen MR) is 126 cm³/mol. The number of aromatic nitrogens is 2. The van der Waals surface area contributed by atoms with Gasteiger partial charge in [0.1, 0.15) is 12.4 Å². The van der Waals surface area contributed by atoms with Gasteiger partial charge in [-0.2, -0.15) is 0 Å². The summed E-state index contributed by atoms with van der Waals surface area (Å²) in [5.41, 5.74) is 4.27. The number of rotatable bonds is 5. The second-order valence-electron chi connectivity index (χ2n) is 9.13. The largest absolute Gasteiger partial charge is 0.480 e. The van der Waals surface area contributed by atoms with Crippen LogP contribution in [0.15, 0.2) is 54.6 Å². The number of fused-ring (bicyclic) bond motifs is 2. The van der Waals surface area contributed by atoms with E-state index in [0.29, 0.717) is 5.69 Å². The zero-order valence-corrected chi connectivity index (χ0v) is 18.5. The van der Waals surface area contributed by atoms with E-state index in [1.165, 1.54) is 12.1 Å². The van der Waals surface area contributed by atoms with Gasteiger partial charge in [-0.1, -0.05) is 24.3 Å². The van der Waals surface area contributed by atoms with Crippen LogP contribution in [0.25, 0.3) is 21.8 Å². The van der Waals surface area contributed by atoms with Crippen molar-refractivity contribution in [3.8, 4) is 0 Å². The van der Waals surface area contributed by atoms with E-state index in [1.54, 1.807) is 10.6 Å². The number of nitrogens with zero attached hydrogens (tertiary/aromatic N) is 2. The summed E-state index contributed by atoms with van der Waals surface area (Å²) in [6, 6.07) is 16.4. The summed E-state index contributed by atoms with van der Waals surface area (Å²) in [7, 11) is 0. The molecule has 4 aromatic rings. The average Bonchev–Trinajstić information content (AvgIpc) is 3.08. The molecule has 0 bridgehead atoms. The van der Waals surface area contributed by atoms with Gasteiger partial charge in [-0.05, 0) is 80.3 Å². The van der Waals surface area contributed by atoms with E-state index in [-0.39, 0.29) is 24.2 Å². The molecule has 5 nitrogen and oxygen atoms in total. The highest BCUT2D eigenvalue weighted by atomic mass is 19.1. The molecule has 1 atom stereocenters. The third-order valence-corrected chi connectivity index (χ3v) is 7.18. The Morgan fingerprint density at radius 1 is 1.12 bits per heavy atom. The highest BCUT2D eigenvalue weighted by molar-refractivity contribution is 5.87. The maximum absolute atomic E-state index is 14.1. The lowest BCUT2D eigenvalue weighted by molar-refractivity contribution is -0.137. The lowest BCUT2D eigenvalue weighted by Crippen LogP contribution is -2.21. The smallest absolute Gasteiger partial charge is 0.323 e. The lowest BCUT2D eigenvalue weighted by atomic mass is 9.75. The third-order valence-electron chi connectivity index (χ3n) is 7.18. The van der Waals surface area contributed by atoms with Crippen molar-refractivity contribution < 1.29 is 19.4 Å². The van der Waals surface area contributed by atoms with Crippen molar-refractivity contribution in [1.29, 1.82) is 0 Å². The molecule has 2 aromatic heterocycles. The minimum atomic E-state index is -0.916. The van der Waals surface area contributed by atoms with Gasteiger partial charge in [0.15, 0.2) is 0 Å². The van der Waals surface area contributed by atoms with Gasteiger partial charge in [0.05, 0.1) is 17.3 Å². The number of carboxylic acid groups (broad SMARTS) is 1. The highest BCUT2D eigenvalue weighted by Gasteiger charge is 2.31. The first kappa shape index (κ1) is 21.6. The fourth-order valence-electron chi connectivity index (χ4n) is 5.55. The number of hydrogen-bond acceptors (Lipinski definition) is 3. The van der Waals surface area contributed by atoms with Crippen LogP contribution < -0.4 is 0 Å². The number of carbonyl (C=O) groups is 1. The molecule has 0 saturated heterocycles. The predicted octanol–water partition coefficient (Wildman–Crippen LogP) is 5.73. The molecule has 0 radical (unpaired) electrons. The van der Waals surface area contributed by atoms with E-state index in [2.05, 4.69) is 4.98 Å². The van der Waals surface area contributed by atoms with Crippen molar-refractivity contribution in [1.82, 2.24) is 9.55 Å². The van der Waals surface area contributed by atoms with Crippen molar-refractivity contribution in [3.63, 3.8) is 0 Å². The minimum Gasteiger partial charge on any atom is -0.480 e. The third kappa shape index (κ3) is 4.00. The van der Waals surface area contributed by atoms with Crippen molar-refractivity contribution in [2.75, 3.05) is 0 Å². The molecule has 170 valence electrons. The fraction of sp³-hybridized carbons (Fsp3) is 0.333. The number of aliphatic carboxylic acids is 1. The molecule has 5 rings (SSSR count). The van der Waals surface area contributed by atoms with Crippen LogP contribution >= 0.6 is 0 Å². The van der Waals surface area contributed by atoms with Gasteiger partial charge >= 0.3 is 5.97 Å². The Kier molecular flexibility index (Phi) is 5.62. The Labute approximate surface area is 191 Å². The normalized spacial score (nSPS) is 19.7. The molecule has 2 N–H and O–H groups in total. The molecule has 1 fully saturated rings. The fourth-order valence-corrected chi connectivity index (χ4v) is 5.55. The number of pyridine rings is 1. The molecule has 1 saturated carbocycles. The summed E-state index contributed by atoms with van der Waals surface area (Å²) >= 11 is 0. The topological polar surface area (TPSA) is 75.4 Å². The lowest BCUT2D eigenvalue weighted by Gasteiger charge is -2.32. The van der Waals surface area contributed by atoms with Crippen LogP contribution in [-0.2, 0) is 11.3 Å². The summed E-state index contributed by atoms with van der Waals surface area (Å²) in [6.07, 6.45) is 2.77. The molecule has 33 heavy (non-hydrogen) atoms. The summed E-state index contributed by atoms with van der Waals surface area (Å²) in [5, 5.41) is 22.3. The number of carboxylic acids is 1. The standard InChI is InChI=1S/C27H27FN2O3/c1-16-26(21-14-20(28)11-13-24(21)30(16)15-25(31)32)18-6-8-19(9-7-18)27(33)23-12-10-17-4-2-3-5-22(17)29-23/h2-5,10-14,18-19,27,33H,6-9,15H2,1H3,(H,31,32). The molecule has 1 unspecified atom stereocenters. The molecule has 2 aromatic carbocycles. The van der Waals surface area contributed by atoms with Gasteiger partial charge in [-0.15, -0.1) is 0 Å².